The molecule has 0 unspecified atom stereocenters. The van der Waals surface area contributed by atoms with E-state index < -0.39 is 5.91 Å². The Balaban J connectivity index is 2.28. The molecule has 1 fully saturated rings. The minimum atomic E-state index is -1.15. The molecule has 1 aliphatic rings. The zero-order valence-electron chi connectivity index (χ0n) is 3.05. The van der Waals surface area contributed by atoms with Crippen molar-refractivity contribution >= 4 is 0 Å². The molecule has 0 amide bonds. The van der Waals surface area contributed by atoms with Crippen molar-refractivity contribution in [2.45, 2.75) is 5.91 Å². The van der Waals surface area contributed by atoms with Crippen molar-refractivity contribution in [2.24, 2.45) is 5.73 Å². The topological polar surface area (TPSA) is 71.3 Å². The van der Waals surface area contributed by atoms with Crippen LogP contribution >= 0.6 is 0 Å². The fourth-order valence-corrected chi connectivity index (χ4v) is 0.106. The Morgan fingerprint density at radius 1 is 1.67 bits per heavy atom. The van der Waals surface area contributed by atoms with Gasteiger partial charge >= 0.3 is 5.91 Å². The molecule has 0 aliphatic carbocycles. The van der Waals surface area contributed by atoms with Gasteiger partial charge in [0.1, 0.15) is 6.61 Å². The van der Waals surface area contributed by atoms with Crippen molar-refractivity contribution < 1.29 is 14.9 Å². The van der Waals surface area contributed by atoms with E-state index >= 15 is 0 Å². The molecule has 0 aromatic rings. The highest BCUT2D eigenvalue weighted by atomic mass is 17.4. The van der Waals surface area contributed by atoms with Gasteiger partial charge in [-0.1, -0.05) is 0 Å². The second-order valence-corrected chi connectivity index (χ2v) is 1.14. The highest BCUT2D eigenvalue weighted by molar-refractivity contribution is 4.59. The summed E-state index contributed by atoms with van der Waals surface area (Å²) in [6, 6.07) is 0. The van der Waals surface area contributed by atoms with Crippen molar-refractivity contribution in [3.8, 4) is 0 Å². The minimum Gasteiger partial charge on any atom is -0.389 e. The summed E-state index contributed by atoms with van der Waals surface area (Å²) in [5.41, 5.74) is 4.95. The van der Waals surface area contributed by atoms with E-state index in [2.05, 4.69) is 9.78 Å². The maximum Gasteiger partial charge on any atom is 0.308 e. The lowest BCUT2D eigenvalue weighted by Crippen LogP contribution is -2.27. The van der Waals surface area contributed by atoms with Gasteiger partial charge in [-0.3, -0.25) is 5.73 Å². The molecule has 1 rings (SSSR count). The standard InChI is InChI=1S/C2H5NO3/c3-2(1-4)5-6-2/h4H,1,3H2. The van der Waals surface area contributed by atoms with Crippen LogP contribution in [0.2, 0.25) is 0 Å². The van der Waals surface area contributed by atoms with Crippen LogP contribution in [0.4, 0.5) is 0 Å². The smallest absolute Gasteiger partial charge is 0.308 e. The van der Waals surface area contributed by atoms with Crippen molar-refractivity contribution in [1.82, 2.24) is 0 Å². The van der Waals surface area contributed by atoms with Crippen molar-refractivity contribution in [3.05, 3.63) is 0 Å². The summed E-state index contributed by atoms with van der Waals surface area (Å²) in [6.07, 6.45) is 0. The van der Waals surface area contributed by atoms with Crippen LogP contribution in [0.25, 0.3) is 0 Å². The maximum atomic E-state index is 8.09. The third kappa shape index (κ3) is 0.504. The fourth-order valence-electron chi connectivity index (χ4n) is 0.106. The lowest BCUT2D eigenvalue weighted by molar-refractivity contribution is 0.0850. The molecule has 4 heteroatoms. The van der Waals surface area contributed by atoms with Crippen LogP contribution in [0, 0.1) is 0 Å². The first-order valence-electron chi connectivity index (χ1n) is 1.53. The van der Waals surface area contributed by atoms with Crippen LogP contribution in [0.5, 0.6) is 0 Å². The van der Waals surface area contributed by atoms with Crippen molar-refractivity contribution in [2.75, 3.05) is 6.61 Å². The Kier molecular flexibility index (Phi) is 0.611. The number of aliphatic hydroxyl groups is 1. The van der Waals surface area contributed by atoms with Gasteiger partial charge in [-0.25, -0.2) is 0 Å². The third-order valence-electron chi connectivity index (χ3n) is 0.518. The molecule has 36 valence electrons. The van der Waals surface area contributed by atoms with E-state index in [-0.39, 0.29) is 6.61 Å². The van der Waals surface area contributed by atoms with Crippen LogP contribution in [0.1, 0.15) is 0 Å². The molecule has 1 heterocycles. The summed E-state index contributed by atoms with van der Waals surface area (Å²) < 4.78 is 0. The van der Waals surface area contributed by atoms with Gasteiger partial charge in [-0.05, 0) is 0 Å². The van der Waals surface area contributed by atoms with E-state index in [1.54, 1.807) is 0 Å². The molecule has 0 saturated carbocycles. The Morgan fingerprint density at radius 2 is 2.17 bits per heavy atom. The van der Waals surface area contributed by atoms with Crippen LogP contribution in [-0.4, -0.2) is 17.6 Å². The molecule has 0 atom stereocenters. The Labute approximate surface area is 34.4 Å². The predicted molar refractivity (Wildman–Crippen MR) is 16.2 cm³/mol. The molecule has 1 aliphatic heterocycles. The molecule has 0 aromatic heterocycles. The first kappa shape index (κ1) is 4.01. The lowest BCUT2D eigenvalue weighted by atomic mass is 10.6. The van der Waals surface area contributed by atoms with Crippen LogP contribution < -0.4 is 5.73 Å². The van der Waals surface area contributed by atoms with Crippen molar-refractivity contribution in [3.63, 3.8) is 0 Å². The predicted octanol–water partition coefficient (Wildman–Crippen LogP) is -1.45. The number of nitrogens with two attached hydrogens (primary N) is 1. The van der Waals surface area contributed by atoms with E-state index in [1.165, 1.54) is 0 Å². The van der Waals surface area contributed by atoms with E-state index in [9.17, 15) is 0 Å². The SMILES string of the molecule is NC1(CO)OO1. The zero-order chi connectivity index (χ0) is 4.62. The maximum absolute atomic E-state index is 8.09. The highest BCUT2D eigenvalue weighted by Gasteiger charge is 2.43. The zero-order valence-corrected chi connectivity index (χ0v) is 3.05. The van der Waals surface area contributed by atoms with Crippen LogP contribution in [0.15, 0.2) is 0 Å². The van der Waals surface area contributed by atoms with Gasteiger partial charge in [-0.15, -0.1) is 0 Å². The van der Waals surface area contributed by atoms with Crippen LogP contribution in [-0.2, 0) is 9.78 Å². The first-order valence-corrected chi connectivity index (χ1v) is 1.53. The Bertz CT molecular complexity index is 59.8. The average molecular weight is 91.1 g/mol. The number of hydrogen-bond donors (Lipinski definition) is 2. The van der Waals surface area contributed by atoms with E-state index in [0.717, 1.165) is 0 Å². The Hall–Kier alpha value is -0.160. The molecular weight excluding hydrogens is 86.0 g/mol. The van der Waals surface area contributed by atoms with E-state index in [0.29, 0.717) is 0 Å². The van der Waals surface area contributed by atoms with E-state index in [1.807, 2.05) is 0 Å². The average Bonchev–Trinajstić information content (AvgIpc) is 2.22. The molecule has 0 radical (unpaired) electrons. The summed E-state index contributed by atoms with van der Waals surface area (Å²) in [7, 11) is 0. The highest BCUT2D eigenvalue weighted by Crippen LogP contribution is 2.19. The van der Waals surface area contributed by atoms with Crippen LogP contribution in [0.3, 0.4) is 0 Å². The summed E-state index contributed by atoms with van der Waals surface area (Å²) in [5.74, 6) is -1.15. The summed E-state index contributed by atoms with van der Waals surface area (Å²) >= 11 is 0. The molecule has 6 heavy (non-hydrogen) atoms. The number of aliphatic hydroxyl groups excluding tert-OH is 1. The molecule has 1 saturated heterocycles. The third-order valence-corrected chi connectivity index (χ3v) is 0.518. The van der Waals surface area contributed by atoms with Gasteiger partial charge in [0, 0.05) is 0 Å². The number of rotatable bonds is 1. The van der Waals surface area contributed by atoms with E-state index in [4.69, 9.17) is 10.8 Å². The molecule has 0 spiro atoms. The second-order valence-electron chi connectivity index (χ2n) is 1.14. The summed E-state index contributed by atoms with van der Waals surface area (Å²) in [6.45, 7) is -0.285. The largest absolute Gasteiger partial charge is 0.389 e. The molecule has 0 bridgehead atoms. The van der Waals surface area contributed by atoms with Gasteiger partial charge in [0.25, 0.3) is 0 Å². The summed E-state index contributed by atoms with van der Waals surface area (Å²) in [5, 5.41) is 8.09. The van der Waals surface area contributed by atoms with Gasteiger partial charge < -0.3 is 5.11 Å². The quantitative estimate of drug-likeness (QED) is 0.306. The van der Waals surface area contributed by atoms with Gasteiger partial charge in [0.2, 0.25) is 0 Å². The molecule has 0 aromatic carbocycles. The molecule has 4 nitrogen and oxygen atoms in total. The fraction of sp³-hybridized carbons (Fsp3) is 1.00. The second kappa shape index (κ2) is 0.913. The molecule has 3 N–H and O–H groups in total. The summed E-state index contributed by atoms with van der Waals surface area (Å²) in [4.78, 5) is 8.15. The van der Waals surface area contributed by atoms with Gasteiger partial charge in [0.05, 0.1) is 0 Å². The Morgan fingerprint density at radius 3 is 2.17 bits per heavy atom. The molecular formula is C2H5NO3. The van der Waals surface area contributed by atoms with Crippen molar-refractivity contribution in [1.29, 1.82) is 0 Å². The first-order chi connectivity index (χ1) is 2.77. The normalized spacial score (nSPS) is 27.0. The number of hydrogen-bond acceptors (Lipinski definition) is 4. The monoisotopic (exact) mass is 91.0 g/mol. The lowest BCUT2D eigenvalue weighted by Gasteiger charge is -1.85. The van der Waals surface area contributed by atoms with Gasteiger partial charge in [0.15, 0.2) is 0 Å². The minimum absolute atomic E-state index is 0.285. The van der Waals surface area contributed by atoms with Gasteiger partial charge in [-0.2, -0.15) is 9.78 Å².